The lowest BCUT2D eigenvalue weighted by Crippen LogP contribution is -2.05. The first-order valence-electron chi connectivity index (χ1n) is 4.69. The molecule has 2 rings (SSSR count). The topological polar surface area (TPSA) is 0 Å². The molecule has 3 radical (unpaired) electrons. The van der Waals surface area contributed by atoms with Gasteiger partial charge in [-0.15, -0.1) is 0 Å². The molecule has 1 aromatic rings. The summed E-state index contributed by atoms with van der Waals surface area (Å²) in [5.74, 6) is 0. The average molecular weight is 189 g/mol. The predicted octanol–water partition coefficient (Wildman–Crippen LogP) is 2.60. The molecule has 0 aliphatic carbocycles. The first-order valence-corrected chi connectivity index (χ1v) is 6.29. The van der Waals surface area contributed by atoms with Gasteiger partial charge in [0.25, 0.3) is 0 Å². The van der Waals surface area contributed by atoms with Gasteiger partial charge in [0.1, 0.15) is 0 Å². The number of rotatable bonds is 1. The summed E-state index contributed by atoms with van der Waals surface area (Å²) in [6, 6.07) is 11.0. The highest BCUT2D eigenvalue weighted by molar-refractivity contribution is 7.66. The van der Waals surface area contributed by atoms with Crippen molar-refractivity contribution in [2.24, 2.45) is 0 Å². The molecule has 0 unspecified atom stereocenters. The predicted molar refractivity (Wildman–Crippen MR) is 62.3 cm³/mol. The zero-order chi connectivity index (χ0) is 8.39. The minimum absolute atomic E-state index is 0. The van der Waals surface area contributed by atoms with Gasteiger partial charge in [0.05, 0.1) is 0 Å². The molecule has 2 atom stereocenters. The van der Waals surface area contributed by atoms with Crippen LogP contribution in [0, 0.1) is 0 Å². The fraction of sp³-hybridized carbons (Fsp3) is 0.455. The van der Waals surface area contributed by atoms with Crippen molar-refractivity contribution in [1.82, 2.24) is 0 Å². The third-order valence-electron chi connectivity index (χ3n) is 2.64. The van der Waals surface area contributed by atoms with Crippen molar-refractivity contribution in [3.63, 3.8) is 0 Å². The third kappa shape index (κ3) is 2.34. The summed E-state index contributed by atoms with van der Waals surface area (Å²) in [5.41, 5.74) is 0.961. The maximum absolute atomic E-state index is 2.41. The highest BCUT2D eigenvalue weighted by atomic mass is 31.1. The zero-order valence-electron chi connectivity index (χ0n) is 8.11. The summed E-state index contributed by atoms with van der Waals surface area (Å²) in [4.78, 5) is 0. The molecule has 0 bridgehead atoms. The molecule has 1 aromatic carbocycles. The molecule has 0 saturated carbocycles. The molecule has 1 heterocycles. The molecule has 0 spiro atoms. The molecular weight excluding hydrogens is 174 g/mol. The van der Waals surface area contributed by atoms with Gasteiger partial charge < -0.3 is 0 Å². The van der Waals surface area contributed by atoms with Gasteiger partial charge in [-0.25, -0.2) is 0 Å². The molecule has 0 N–H and O–H groups in total. The lowest BCUT2D eigenvalue weighted by atomic mass is 10.3. The summed E-state index contributed by atoms with van der Waals surface area (Å²) in [5, 5.41) is 1.61. The molecule has 2 heteroatoms. The van der Waals surface area contributed by atoms with Crippen LogP contribution in [-0.4, -0.2) is 20.2 Å². The molecule has 0 nitrogen and oxygen atoms in total. The van der Waals surface area contributed by atoms with Crippen molar-refractivity contribution < 1.29 is 0 Å². The fourth-order valence-corrected chi connectivity index (χ4v) is 4.72. The third-order valence-corrected chi connectivity index (χ3v) is 5.72. The van der Waals surface area contributed by atoms with Crippen molar-refractivity contribution >= 4 is 21.6 Å². The van der Waals surface area contributed by atoms with Gasteiger partial charge in [-0.2, -0.15) is 0 Å². The molecule has 1 aliphatic rings. The van der Waals surface area contributed by atoms with E-state index in [0.29, 0.717) is 0 Å². The maximum Gasteiger partial charge on any atom is 0 e. The maximum atomic E-state index is 2.41. The van der Waals surface area contributed by atoms with Crippen LogP contribution in [0.2, 0.25) is 0 Å². The minimum Gasteiger partial charge on any atom is -0.0724 e. The van der Waals surface area contributed by atoms with E-state index < -0.39 is 0 Å². The summed E-state index contributed by atoms with van der Waals surface area (Å²) in [6.45, 7) is 2.41. The van der Waals surface area contributed by atoms with E-state index in [1.54, 1.807) is 5.30 Å². The van der Waals surface area contributed by atoms with Gasteiger partial charge in [0.2, 0.25) is 0 Å². The van der Waals surface area contributed by atoms with Crippen LogP contribution in [0.4, 0.5) is 0 Å². The highest BCUT2D eigenvalue weighted by Crippen LogP contribution is 2.48. The van der Waals surface area contributed by atoms with Crippen LogP contribution in [-0.2, 0) is 0 Å². The lowest BCUT2D eigenvalue weighted by Gasteiger charge is -2.15. The second kappa shape index (κ2) is 4.81. The van der Waals surface area contributed by atoms with E-state index in [-0.39, 0.29) is 16.3 Å². The van der Waals surface area contributed by atoms with Crippen molar-refractivity contribution in [3.8, 4) is 0 Å². The highest BCUT2D eigenvalue weighted by Gasteiger charge is 2.23. The Hall–Kier alpha value is -0.285. The Labute approximate surface area is 84.1 Å². The molecular formula is C11H15BP. The summed E-state index contributed by atoms with van der Waals surface area (Å²) >= 11 is 0. The molecule has 1 fully saturated rings. The van der Waals surface area contributed by atoms with Gasteiger partial charge in [-0.1, -0.05) is 45.2 Å². The summed E-state index contributed by atoms with van der Waals surface area (Å²) in [7, 11) is 0.199. The lowest BCUT2D eigenvalue weighted by molar-refractivity contribution is 0.836. The largest absolute Gasteiger partial charge is 0.0724 e. The first kappa shape index (κ1) is 10.8. The molecule has 13 heavy (non-hydrogen) atoms. The zero-order valence-corrected chi connectivity index (χ0v) is 9.00. The number of hydrogen-bond donors (Lipinski definition) is 0. The van der Waals surface area contributed by atoms with E-state index in [1.165, 1.54) is 19.0 Å². The van der Waals surface area contributed by atoms with Crippen molar-refractivity contribution in [2.75, 3.05) is 6.16 Å². The molecule has 1 aliphatic heterocycles. The Morgan fingerprint density at radius 2 is 1.92 bits per heavy atom. The monoisotopic (exact) mass is 189 g/mol. The molecule has 0 aromatic heterocycles. The second-order valence-electron chi connectivity index (χ2n) is 3.52. The van der Waals surface area contributed by atoms with Crippen LogP contribution in [0.5, 0.6) is 0 Å². The molecule has 1 saturated heterocycles. The van der Waals surface area contributed by atoms with Gasteiger partial charge in [-0.3, -0.25) is 0 Å². The van der Waals surface area contributed by atoms with Crippen LogP contribution in [0.25, 0.3) is 0 Å². The fourth-order valence-electron chi connectivity index (χ4n) is 1.94. The van der Waals surface area contributed by atoms with E-state index >= 15 is 0 Å². The standard InChI is InChI=1S/C11H15P.B/c1-10-6-5-9-12(10)11-7-3-2-4-8-11;/h2-4,7-8,10H,5-6,9H2,1H3;/t10-,12+;/m0./s1. The SMILES string of the molecule is C[C@H]1CCC[P@@]1c1ccccc1.[B]. The number of hydrogen-bond acceptors (Lipinski definition) is 0. The van der Waals surface area contributed by atoms with Crippen LogP contribution >= 0.6 is 7.92 Å². The van der Waals surface area contributed by atoms with E-state index in [9.17, 15) is 0 Å². The van der Waals surface area contributed by atoms with Crippen molar-refractivity contribution in [1.29, 1.82) is 0 Å². The number of benzene rings is 1. The minimum atomic E-state index is 0. The van der Waals surface area contributed by atoms with E-state index in [1.807, 2.05) is 0 Å². The Bertz CT molecular complexity index is 248. The van der Waals surface area contributed by atoms with Gasteiger partial charge in [0.15, 0.2) is 0 Å². The normalized spacial score (nSPS) is 26.8. The molecule has 67 valence electrons. The summed E-state index contributed by atoms with van der Waals surface area (Å²) in [6.07, 6.45) is 4.35. The van der Waals surface area contributed by atoms with E-state index in [0.717, 1.165) is 5.66 Å². The van der Waals surface area contributed by atoms with Crippen molar-refractivity contribution in [3.05, 3.63) is 30.3 Å². The second-order valence-corrected chi connectivity index (χ2v) is 6.30. The Morgan fingerprint density at radius 1 is 1.23 bits per heavy atom. The quantitative estimate of drug-likeness (QED) is 0.470. The Kier molecular flexibility index (Phi) is 4.00. The first-order chi connectivity index (χ1) is 5.88. The van der Waals surface area contributed by atoms with E-state index in [4.69, 9.17) is 0 Å². The van der Waals surface area contributed by atoms with Gasteiger partial charge >= 0.3 is 0 Å². The van der Waals surface area contributed by atoms with Crippen LogP contribution < -0.4 is 5.30 Å². The van der Waals surface area contributed by atoms with Crippen LogP contribution in [0.15, 0.2) is 30.3 Å². The smallest absolute Gasteiger partial charge is 0 e. The van der Waals surface area contributed by atoms with E-state index in [2.05, 4.69) is 37.3 Å². The van der Waals surface area contributed by atoms with Gasteiger partial charge in [0, 0.05) is 8.41 Å². The van der Waals surface area contributed by atoms with Crippen LogP contribution in [0.1, 0.15) is 19.8 Å². The average Bonchev–Trinajstić information content (AvgIpc) is 2.53. The molecule has 0 amide bonds. The summed E-state index contributed by atoms with van der Waals surface area (Å²) < 4.78 is 0. The van der Waals surface area contributed by atoms with Gasteiger partial charge in [-0.05, 0) is 30.0 Å². The Balaban J connectivity index is 0.000000845. The van der Waals surface area contributed by atoms with Crippen LogP contribution in [0.3, 0.4) is 0 Å². The Morgan fingerprint density at radius 3 is 2.46 bits per heavy atom. The van der Waals surface area contributed by atoms with Crippen molar-refractivity contribution in [2.45, 2.75) is 25.4 Å².